The summed E-state index contributed by atoms with van der Waals surface area (Å²) in [5, 5.41) is 6.40. The van der Waals surface area contributed by atoms with E-state index < -0.39 is 23.1 Å². The summed E-state index contributed by atoms with van der Waals surface area (Å²) in [5.74, 6) is -0.307. The predicted octanol–water partition coefficient (Wildman–Crippen LogP) is 2.11. The number of nitrogens with zero attached hydrogens (tertiary/aromatic N) is 3. The number of nitrogens with one attached hydrogen (secondary N) is 2. The van der Waals surface area contributed by atoms with E-state index in [-0.39, 0.29) is 22.7 Å². The molecule has 1 aliphatic heterocycles. The van der Waals surface area contributed by atoms with Crippen LogP contribution in [0.2, 0.25) is 0 Å². The van der Waals surface area contributed by atoms with Crippen LogP contribution in [0, 0.1) is 11.2 Å². The third-order valence-electron chi connectivity index (χ3n) is 5.93. The van der Waals surface area contributed by atoms with Crippen LogP contribution >= 0.6 is 15.9 Å². The molecule has 4 rings (SSSR count). The Balaban J connectivity index is 1.50. The maximum atomic E-state index is 14.1. The molecule has 12 heteroatoms. The van der Waals surface area contributed by atoms with Gasteiger partial charge in [0.1, 0.15) is 17.4 Å². The molecule has 1 spiro atoms. The molecule has 0 radical (unpaired) electrons. The van der Waals surface area contributed by atoms with Crippen molar-refractivity contribution >= 4 is 50.7 Å². The standard InChI is InChI=1S/C20H25BrFN7O2S/c21-12-10-25-19(28-18(12)26-14-3-1-2-13(22)16(14)17(24)30)27-15-4-8-29(32(31)9-7-23)11-20(15)5-6-20/h1-3,10,15H,4-9,11,23H2,(H2,24,30)(H2,25,26,27,28). The van der Waals surface area contributed by atoms with Gasteiger partial charge in [0.25, 0.3) is 5.91 Å². The van der Waals surface area contributed by atoms with Crippen molar-refractivity contribution in [3.8, 4) is 0 Å². The zero-order valence-corrected chi connectivity index (χ0v) is 19.7. The van der Waals surface area contributed by atoms with Crippen LogP contribution in [0.1, 0.15) is 29.6 Å². The van der Waals surface area contributed by atoms with E-state index in [0.717, 1.165) is 25.8 Å². The van der Waals surface area contributed by atoms with Crippen LogP contribution in [0.5, 0.6) is 0 Å². The van der Waals surface area contributed by atoms with Gasteiger partial charge in [-0.3, -0.25) is 4.79 Å². The molecule has 1 saturated heterocycles. The van der Waals surface area contributed by atoms with Crippen molar-refractivity contribution in [3.05, 3.63) is 40.2 Å². The van der Waals surface area contributed by atoms with E-state index in [9.17, 15) is 13.7 Å². The molecule has 32 heavy (non-hydrogen) atoms. The van der Waals surface area contributed by atoms with Gasteiger partial charge in [0.15, 0.2) is 0 Å². The second kappa shape index (κ2) is 9.48. The SMILES string of the molecule is NCC[S+]([O-])N1CCC(Nc2ncc(Br)c(Nc3cccc(F)c3C(N)=O)n2)C2(CC2)C1. The molecule has 2 heterocycles. The summed E-state index contributed by atoms with van der Waals surface area (Å²) in [6.07, 6.45) is 4.50. The van der Waals surface area contributed by atoms with Crippen LogP contribution in [0.15, 0.2) is 28.9 Å². The quantitative estimate of drug-likeness (QED) is 0.383. The number of benzene rings is 1. The summed E-state index contributed by atoms with van der Waals surface area (Å²) < 4.78 is 29.0. The van der Waals surface area contributed by atoms with Crippen molar-refractivity contribution in [2.75, 3.05) is 36.0 Å². The lowest BCUT2D eigenvalue weighted by Crippen LogP contribution is -2.51. The van der Waals surface area contributed by atoms with Crippen molar-refractivity contribution in [3.63, 3.8) is 0 Å². The van der Waals surface area contributed by atoms with Crippen LogP contribution in [-0.4, -0.2) is 56.2 Å². The number of nitrogens with two attached hydrogens (primary N) is 2. The summed E-state index contributed by atoms with van der Waals surface area (Å²) in [6, 6.07) is 4.37. The molecule has 1 aromatic carbocycles. The Bertz CT molecular complexity index is 1010. The number of carbonyl (C=O) groups is 1. The molecule has 1 saturated carbocycles. The van der Waals surface area contributed by atoms with E-state index in [1.807, 2.05) is 4.31 Å². The van der Waals surface area contributed by atoms with Crippen molar-refractivity contribution in [2.45, 2.75) is 25.3 Å². The Labute approximate surface area is 197 Å². The fourth-order valence-corrected chi connectivity index (χ4v) is 5.56. The van der Waals surface area contributed by atoms with Crippen LogP contribution in [-0.2, 0) is 11.4 Å². The Morgan fingerprint density at radius 2 is 2.22 bits per heavy atom. The fourth-order valence-electron chi connectivity index (χ4n) is 4.10. The van der Waals surface area contributed by atoms with Crippen molar-refractivity contribution in [1.82, 2.24) is 14.3 Å². The first-order valence-corrected chi connectivity index (χ1v) is 12.4. The lowest BCUT2D eigenvalue weighted by atomic mass is 9.90. The number of aromatic nitrogens is 2. The fraction of sp³-hybridized carbons (Fsp3) is 0.450. The highest BCUT2D eigenvalue weighted by Crippen LogP contribution is 2.53. The second-order valence-electron chi connectivity index (χ2n) is 8.07. The van der Waals surface area contributed by atoms with E-state index in [1.54, 1.807) is 12.3 Å². The Hall–Kier alpha value is -1.99. The largest absolute Gasteiger partial charge is 0.598 e. The molecule has 9 nitrogen and oxygen atoms in total. The zero-order chi connectivity index (χ0) is 22.9. The number of carbonyl (C=O) groups excluding carboxylic acids is 1. The Morgan fingerprint density at radius 3 is 2.91 bits per heavy atom. The number of anilines is 3. The number of hydrogen-bond acceptors (Lipinski definition) is 8. The number of amides is 1. The highest BCUT2D eigenvalue weighted by atomic mass is 79.9. The molecule has 2 fully saturated rings. The van der Waals surface area contributed by atoms with Gasteiger partial charge in [-0.2, -0.15) is 4.98 Å². The van der Waals surface area contributed by atoms with Crippen molar-refractivity contribution in [2.24, 2.45) is 16.9 Å². The van der Waals surface area contributed by atoms with Gasteiger partial charge < -0.3 is 26.7 Å². The van der Waals surface area contributed by atoms with Crippen LogP contribution < -0.4 is 22.1 Å². The monoisotopic (exact) mass is 525 g/mol. The van der Waals surface area contributed by atoms with E-state index in [4.69, 9.17) is 11.5 Å². The summed E-state index contributed by atoms with van der Waals surface area (Å²) in [7, 11) is 0. The third-order valence-corrected chi connectivity index (χ3v) is 7.98. The summed E-state index contributed by atoms with van der Waals surface area (Å²) >= 11 is 2.34. The zero-order valence-electron chi connectivity index (χ0n) is 17.3. The first-order valence-electron chi connectivity index (χ1n) is 10.3. The molecule has 172 valence electrons. The number of primary amides is 1. The topological polar surface area (TPSA) is 145 Å². The van der Waals surface area contributed by atoms with Gasteiger partial charge in [0.2, 0.25) is 5.95 Å². The molecule has 2 aliphatic rings. The van der Waals surface area contributed by atoms with E-state index in [0.29, 0.717) is 35.1 Å². The number of piperidine rings is 1. The number of rotatable bonds is 8. The van der Waals surface area contributed by atoms with Gasteiger partial charge >= 0.3 is 0 Å². The lowest BCUT2D eigenvalue weighted by Gasteiger charge is -2.38. The van der Waals surface area contributed by atoms with Crippen molar-refractivity contribution < 1.29 is 13.7 Å². The maximum absolute atomic E-state index is 14.1. The van der Waals surface area contributed by atoms with Gasteiger partial charge in [-0.25, -0.2) is 9.37 Å². The van der Waals surface area contributed by atoms with Gasteiger partial charge in [-0.15, -0.1) is 4.31 Å². The van der Waals surface area contributed by atoms with Gasteiger partial charge in [0.05, 0.1) is 22.3 Å². The summed E-state index contributed by atoms with van der Waals surface area (Å²) in [6.45, 7) is 1.87. The Morgan fingerprint density at radius 1 is 1.44 bits per heavy atom. The van der Waals surface area contributed by atoms with E-state index in [2.05, 4.69) is 36.5 Å². The predicted molar refractivity (Wildman–Crippen MR) is 125 cm³/mol. The molecule has 1 aliphatic carbocycles. The number of halogens is 2. The molecule has 2 aromatic rings. The Kier molecular flexibility index (Phi) is 6.86. The average molecular weight is 526 g/mol. The molecule has 6 N–H and O–H groups in total. The molecular weight excluding hydrogens is 501 g/mol. The lowest BCUT2D eigenvalue weighted by molar-refractivity contribution is 0.0997. The van der Waals surface area contributed by atoms with Gasteiger partial charge in [0, 0.05) is 42.1 Å². The summed E-state index contributed by atoms with van der Waals surface area (Å²) in [5.41, 5.74) is 10.9. The minimum Gasteiger partial charge on any atom is -0.598 e. The van der Waals surface area contributed by atoms with E-state index in [1.165, 1.54) is 12.1 Å². The molecule has 2 unspecified atom stereocenters. The molecule has 1 aromatic heterocycles. The van der Waals surface area contributed by atoms with Crippen molar-refractivity contribution in [1.29, 1.82) is 0 Å². The molecule has 2 atom stereocenters. The van der Waals surface area contributed by atoms with Gasteiger partial charge in [-0.05, 0) is 47.3 Å². The van der Waals surface area contributed by atoms with Gasteiger partial charge in [-0.1, -0.05) is 6.07 Å². The first-order chi connectivity index (χ1) is 15.3. The third kappa shape index (κ3) is 4.84. The highest BCUT2D eigenvalue weighted by molar-refractivity contribution is 9.10. The van der Waals surface area contributed by atoms with E-state index >= 15 is 0 Å². The minimum atomic E-state index is -1.05. The smallest absolute Gasteiger partial charge is 0.253 e. The number of hydrogen-bond donors (Lipinski definition) is 4. The summed E-state index contributed by atoms with van der Waals surface area (Å²) in [4.78, 5) is 20.6. The molecule has 1 amide bonds. The van der Waals surface area contributed by atoms with Crippen LogP contribution in [0.3, 0.4) is 0 Å². The second-order valence-corrected chi connectivity index (χ2v) is 10.5. The maximum Gasteiger partial charge on any atom is 0.253 e. The normalized spacial score (nSPS) is 20.7. The minimum absolute atomic E-state index is 0.0498. The molecule has 0 bridgehead atoms. The van der Waals surface area contributed by atoms with Crippen LogP contribution in [0.4, 0.5) is 21.8 Å². The first kappa shape index (κ1) is 23.2. The highest BCUT2D eigenvalue weighted by Gasteiger charge is 2.54. The van der Waals surface area contributed by atoms with Crippen LogP contribution in [0.25, 0.3) is 0 Å². The average Bonchev–Trinajstić information content (AvgIpc) is 3.51. The molecular formula is C20H25BrFN7O2S.